The Kier molecular flexibility index (Phi) is 4.97. The van der Waals surface area contributed by atoms with Gasteiger partial charge in [-0.25, -0.2) is 0 Å². The number of rotatable bonds is 4. The smallest absolute Gasteiger partial charge is 0.249 e. The summed E-state index contributed by atoms with van der Waals surface area (Å²) >= 11 is 0. The van der Waals surface area contributed by atoms with Gasteiger partial charge >= 0.3 is 0 Å². The second-order valence-corrected chi connectivity index (χ2v) is 5.55. The van der Waals surface area contributed by atoms with Crippen LogP contribution in [0.1, 0.15) is 25.7 Å². The Bertz CT molecular complexity index is 277. The van der Waals surface area contributed by atoms with Crippen molar-refractivity contribution in [3.8, 4) is 0 Å². The lowest BCUT2D eigenvalue weighted by atomic mass is 9.97. The molecule has 0 saturated carbocycles. The van der Waals surface area contributed by atoms with Crippen LogP contribution >= 0.6 is 0 Å². The number of piperidine rings is 1. The van der Waals surface area contributed by atoms with Crippen molar-refractivity contribution < 1.29 is 9.53 Å². The van der Waals surface area contributed by atoms with Crippen molar-refractivity contribution in [2.45, 2.75) is 37.9 Å². The van der Waals surface area contributed by atoms with Crippen molar-refractivity contribution in [1.29, 1.82) is 0 Å². The SMILES string of the molecule is CN1CCC(CNC(=O)C2CCC(CN)O2)CC1. The fourth-order valence-electron chi connectivity index (χ4n) is 2.70. The minimum atomic E-state index is -0.273. The third kappa shape index (κ3) is 3.67. The van der Waals surface area contributed by atoms with Gasteiger partial charge in [0.1, 0.15) is 6.10 Å². The van der Waals surface area contributed by atoms with Gasteiger partial charge in [-0.3, -0.25) is 4.79 Å². The zero-order chi connectivity index (χ0) is 13.0. The maximum absolute atomic E-state index is 11.9. The molecular formula is C13H25N3O2. The van der Waals surface area contributed by atoms with Crippen LogP contribution in [0.3, 0.4) is 0 Å². The normalized spacial score (nSPS) is 30.6. The molecule has 0 aliphatic carbocycles. The molecule has 5 nitrogen and oxygen atoms in total. The predicted molar refractivity (Wildman–Crippen MR) is 70.2 cm³/mol. The highest BCUT2D eigenvalue weighted by molar-refractivity contribution is 5.81. The number of carbonyl (C=O) groups is 1. The first-order valence-electron chi connectivity index (χ1n) is 7.01. The van der Waals surface area contributed by atoms with E-state index in [4.69, 9.17) is 10.5 Å². The van der Waals surface area contributed by atoms with Crippen LogP contribution in [0.4, 0.5) is 0 Å². The summed E-state index contributed by atoms with van der Waals surface area (Å²) in [6.45, 7) is 3.57. The van der Waals surface area contributed by atoms with Gasteiger partial charge in [-0.1, -0.05) is 0 Å². The summed E-state index contributed by atoms with van der Waals surface area (Å²) in [5, 5.41) is 3.03. The second-order valence-electron chi connectivity index (χ2n) is 5.55. The molecule has 2 aliphatic heterocycles. The van der Waals surface area contributed by atoms with Crippen molar-refractivity contribution in [2.75, 3.05) is 33.2 Å². The van der Waals surface area contributed by atoms with E-state index in [2.05, 4.69) is 17.3 Å². The van der Waals surface area contributed by atoms with E-state index >= 15 is 0 Å². The molecule has 1 amide bonds. The van der Waals surface area contributed by atoms with E-state index in [-0.39, 0.29) is 18.1 Å². The molecule has 3 N–H and O–H groups in total. The minimum Gasteiger partial charge on any atom is -0.364 e. The monoisotopic (exact) mass is 255 g/mol. The summed E-state index contributed by atoms with van der Waals surface area (Å²) < 4.78 is 5.58. The first-order chi connectivity index (χ1) is 8.69. The molecule has 104 valence electrons. The molecule has 0 aromatic carbocycles. The van der Waals surface area contributed by atoms with Crippen LogP contribution in [0.15, 0.2) is 0 Å². The fourth-order valence-corrected chi connectivity index (χ4v) is 2.70. The van der Waals surface area contributed by atoms with Gasteiger partial charge < -0.3 is 20.7 Å². The second kappa shape index (κ2) is 6.50. The van der Waals surface area contributed by atoms with Crippen LogP contribution in [-0.2, 0) is 9.53 Å². The summed E-state index contributed by atoms with van der Waals surface area (Å²) in [6, 6.07) is 0. The molecule has 2 rings (SSSR count). The van der Waals surface area contributed by atoms with E-state index in [0.717, 1.165) is 32.5 Å². The van der Waals surface area contributed by atoms with Crippen LogP contribution in [-0.4, -0.2) is 56.2 Å². The van der Waals surface area contributed by atoms with Gasteiger partial charge in [0.2, 0.25) is 5.91 Å². The topological polar surface area (TPSA) is 67.6 Å². The van der Waals surface area contributed by atoms with E-state index < -0.39 is 0 Å². The number of nitrogens with zero attached hydrogens (tertiary/aromatic N) is 1. The van der Waals surface area contributed by atoms with Crippen molar-refractivity contribution in [1.82, 2.24) is 10.2 Å². The highest BCUT2D eigenvalue weighted by Crippen LogP contribution is 2.19. The molecule has 2 fully saturated rings. The molecule has 18 heavy (non-hydrogen) atoms. The summed E-state index contributed by atoms with van der Waals surface area (Å²) in [4.78, 5) is 14.3. The predicted octanol–water partition coefficient (Wildman–Crippen LogP) is -0.0493. The van der Waals surface area contributed by atoms with Gasteiger partial charge in [-0.05, 0) is 51.7 Å². The quantitative estimate of drug-likeness (QED) is 0.739. The first-order valence-corrected chi connectivity index (χ1v) is 7.01. The number of likely N-dealkylation sites (tertiary alicyclic amines) is 1. The molecule has 2 atom stereocenters. The van der Waals surface area contributed by atoms with Crippen LogP contribution in [0.5, 0.6) is 0 Å². The van der Waals surface area contributed by atoms with E-state index in [0.29, 0.717) is 12.5 Å². The van der Waals surface area contributed by atoms with Gasteiger partial charge in [-0.2, -0.15) is 0 Å². The number of hydrogen-bond acceptors (Lipinski definition) is 4. The largest absolute Gasteiger partial charge is 0.364 e. The molecule has 2 aliphatic rings. The lowest BCUT2D eigenvalue weighted by molar-refractivity contribution is -0.132. The summed E-state index contributed by atoms with van der Waals surface area (Å²) in [5.74, 6) is 0.668. The number of ether oxygens (including phenoxy) is 1. The minimum absolute atomic E-state index is 0.0462. The highest BCUT2D eigenvalue weighted by Gasteiger charge is 2.30. The third-order valence-electron chi connectivity index (χ3n) is 4.07. The lowest BCUT2D eigenvalue weighted by Crippen LogP contribution is -2.41. The van der Waals surface area contributed by atoms with E-state index in [9.17, 15) is 4.79 Å². The zero-order valence-electron chi connectivity index (χ0n) is 11.2. The molecule has 0 bridgehead atoms. The van der Waals surface area contributed by atoms with Crippen molar-refractivity contribution in [3.05, 3.63) is 0 Å². The summed E-state index contributed by atoms with van der Waals surface area (Å²) in [6.07, 6.45) is 3.86. The first kappa shape index (κ1) is 13.8. The maximum Gasteiger partial charge on any atom is 0.249 e. The molecular weight excluding hydrogens is 230 g/mol. The van der Waals surface area contributed by atoms with Crippen LogP contribution < -0.4 is 11.1 Å². The van der Waals surface area contributed by atoms with Gasteiger partial charge in [-0.15, -0.1) is 0 Å². The number of carbonyl (C=O) groups excluding carboxylic acids is 1. The Balaban J connectivity index is 1.66. The Morgan fingerprint density at radius 3 is 2.67 bits per heavy atom. The van der Waals surface area contributed by atoms with Crippen molar-refractivity contribution >= 4 is 5.91 Å². The molecule has 0 radical (unpaired) electrons. The standard InChI is InChI=1S/C13H25N3O2/c1-16-6-4-10(5-7-16)9-15-13(17)12-3-2-11(8-14)18-12/h10-12H,2-9,14H2,1H3,(H,15,17). The van der Waals surface area contributed by atoms with E-state index in [1.807, 2.05) is 0 Å². The maximum atomic E-state index is 11.9. The van der Waals surface area contributed by atoms with Crippen LogP contribution in [0, 0.1) is 5.92 Å². The molecule has 2 saturated heterocycles. The third-order valence-corrected chi connectivity index (χ3v) is 4.07. The summed E-state index contributed by atoms with van der Waals surface area (Å²) in [5.41, 5.74) is 5.54. The van der Waals surface area contributed by atoms with Gasteiger partial charge in [0, 0.05) is 13.1 Å². The molecule has 2 heterocycles. The van der Waals surface area contributed by atoms with Crippen LogP contribution in [0.2, 0.25) is 0 Å². The molecule has 0 aromatic rings. The van der Waals surface area contributed by atoms with Crippen molar-refractivity contribution in [3.63, 3.8) is 0 Å². The van der Waals surface area contributed by atoms with Gasteiger partial charge in [0.25, 0.3) is 0 Å². The zero-order valence-corrected chi connectivity index (χ0v) is 11.2. The average molecular weight is 255 g/mol. The molecule has 5 heteroatoms. The lowest BCUT2D eigenvalue weighted by Gasteiger charge is -2.29. The van der Waals surface area contributed by atoms with Gasteiger partial charge in [0.05, 0.1) is 6.10 Å². The number of nitrogens with one attached hydrogen (secondary N) is 1. The Morgan fingerprint density at radius 1 is 1.33 bits per heavy atom. The number of amides is 1. The van der Waals surface area contributed by atoms with E-state index in [1.165, 1.54) is 12.8 Å². The number of nitrogens with two attached hydrogens (primary N) is 1. The summed E-state index contributed by atoms with van der Waals surface area (Å²) in [7, 11) is 2.15. The van der Waals surface area contributed by atoms with E-state index in [1.54, 1.807) is 0 Å². The number of hydrogen-bond donors (Lipinski definition) is 2. The Hall–Kier alpha value is -0.650. The Morgan fingerprint density at radius 2 is 2.06 bits per heavy atom. The molecule has 0 aromatic heterocycles. The van der Waals surface area contributed by atoms with Gasteiger partial charge in [0.15, 0.2) is 0 Å². The van der Waals surface area contributed by atoms with Crippen molar-refractivity contribution in [2.24, 2.45) is 11.7 Å². The average Bonchev–Trinajstić information content (AvgIpc) is 2.86. The van der Waals surface area contributed by atoms with Crippen LogP contribution in [0.25, 0.3) is 0 Å². The molecule has 0 spiro atoms. The molecule has 2 unspecified atom stereocenters. The Labute approximate surface area is 109 Å². The highest BCUT2D eigenvalue weighted by atomic mass is 16.5. The fraction of sp³-hybridized carbons (Fsp3) is 0.923.